The minimum atomic E-state index is -4.06. The number of hydrogen-bond acceptors (Lipinski definition) is 6. The van der Waals surface area contributed by atoms with E-state index in [0.717, 1.165) is 17.7 Å². The number of unbranched alkanes of at least 4 members (excludes halogenated alkanes) is 1. The number of nitrogens with zero attached hydrogens (tertiary/aromatic N) is 2. The summed E-state index contributed by atoms with van der Waals surface area (Å²) >= 11 is 1.31. The van der Waals surface area contributed by atoms with Gasteiger partial charge in [-0.15, -0.1) is 4.40 Å². The van der Waals surface area contributed by atoms with Gasteiger partial charge in [0.1, 0.15) is 11.2 Å². The predicted octanol–water partition coefficient (Wildman–Crippen LogP) is 4.12. The summed E-state index contributed by atoms with van der Waals surface area (Å²) in [6.45, 7) is 2.71. The first-order valence-electron chi connectivity index (χ1n) is 9.48. The van der Waals surface area contributed by atoms with E-state index in [1.54, 1.807) is 20.2 Å². The quantitative estimate of drug-likeness (QED) is 0.253. The molecular formula is C21H27N3O4S2. The fraction of sp³-hybridized carbons (Fsp3) is 0.333. The molecule has 0 unspecified atom stereocenters. The molecule has 2 rings (SSSR count). The van der Waals surface area contributed by atoms with Gasteiger partial charge in [0.15, 0.2) is 0 Å². The van der Waals surface area contributed by atoms with Crippen LogP contribution in [0, 0.1) is 0 Å². The van der Waals surface area contributed by atoms with Crippen LogP contribution in [0.1, 0.15) is 30.1 Å². The first-order chi connectivity index (χ1) is 14.3. The molecular weight excluding hydrogens is 422 g/mol. The van der Waals surface area contributed by atoms with Crippen molar-refractivity contribution in [1.82, 2.24) is 4.90 Å². The van der Waals surface area contributed by atoms with Gasteiger partial charge in [-0.1, -0.05) is 43.3 Å². The molecule has 2 aromatic carbocycles. The number of benzene rings is 2. The van der Waals surface area contributed by atoms with Gasteiger partial charge < -0.3 is 15.0 Å². The van der Waals surface area contributed by atoms with Crippen LogP contribution in [0.5, 0.6) is 0 Å². The standard InChI is InChI=1S/C21H27N3O4S2/c1-5-6-12-22-18-13-16(21(25)28-4)14-19(30(26,27)23-15-24(2)3)20(18)29-17-10-8-7-9-11-17/h7-11,13-15,22H,5-6,12H2,1-4H3. The summed E-state index contributed by atoms with van der Waals surface area (Å²) in [4.78, 5) is 15.1. The number of ether oxygens (including phenoxy) is 1. The normalized spacial score (nSPS) is 11.5. The van der Waals surface area contributed by atoms with Crippen LogP contribution in [0.2, 0.25) is 0 Å². The summed E-state index contributed by atoms with van der Waals surface area (Å²) in [6.07, 6.45) is 3.10. The van der Waals surface area contributed by atoms with Crippen molar-refractivity contribution in [2.24, 2.45) is 4.40 Å². The lowest BCUT2D eigenvalue weighted by Gasteiger charge is -2.17. The molecule has 9 heteroatoms. The zero-order valence-corrected chi connectivity index (χ0v) is 19.2. The number of anilines is 1. The average molecular weight is 450 g/mol. The van der Waals surface area contributed by atoms with E-state index in [0.29, 0.717) is 17.1 Å². The van der Waals surface area contributed by atoms with Crippen molar-refractivity contribution >= 4 is 39.8 Å². The van der Waals surface area contributed by atoms with Crippen LogP contribution in [0.25, 0.3) is 0 Å². The Balaban J connectivity index is 2.69. The summed E-state index contributed by atoms with van der Waals surface area (Å²) in [6, 6.07) is 12.4. The van der Waals surface area contributed by atoms with Crippen LogP contribution < -0.4 is 5.32 Å². The molecule has 0 fully saturated rings. The van der Waals surface area contributed by atoms with Gasteiger partial charge >= 0.3 is 5.97 Å². The van der Waals surface area contributed by atoms with Crippen LogP contribution >= 0.6 is 11.8 Å². The van der Waals surface area contributed by atoms with Crippen LogP contribution in [0.4, 0.5) is 5.69 Å². The molecule has 0 saturated heterocycles. The minimum absolute atomic E-state index is 0.0450. The molecule has 0 aliphatic heterocycles. The van der Waals surface area contributed by atoms with E-state index < -0.39 is 16.0 Å². The first-order valence-corrected chi connectivity index (χ1v) is 11.7. The number of esters is 1. The van der Waals surface area contributed by atoms with E-state index in [1.807, 2.05) is 30.3 Å². The molecule has 7 nitrogen and oxygen atoms in total. The maximum absolute atomic E-state index is 13.1. The van der Waals surface area contributed by atoms with E-state index >= 15 is 0 Å². The minimum Gasteiger partial charge on any atom is -0.465 e. The molecule has 0 aromatic heterocycles. The predicted molar refractivity (Wildman–Crippen MR) is 121 cm³/mol. The van der Waals surface area contributed by atoms with Gasteiger partial charge in [0.05, 0.1) is 23.3 Å². The zero-order valence-electron chi connectivity index (χ0n) is 17.6. The Labute approximate surface area is 182 Å². The van der Waals surface area contributed by atoms with Gasteiger partial charge in [-0.05, 0) is 30.7 Å². The van der Waals surface area contributed by atoms with E-state index in [-0.39, 0.29) is 10.5 Å². The van der Waals surface area contributed by atoms with Crippen molar-refractivity contribution in [3.05, 3.63) is 48.0 Å². The van der Waals surface area contributed by atoms with Crippen molar-refractivity contribution in [1.29, 1.82) is 0 Å². The lowest BCUT2D eigenvalue weighted by molar-refractivity contribution is 0.0600. The smallest absolute Gasteiger partial charge is 0.337 e. The average Bonchev–Trinajstić information content (AvgIpc) is 2.73. The van der Waals surface area contributed by atoms with Gasteiger partial charge in [0.25, 0.3) is 10.0 Å². The number of rotatable bonds is 10. The lowest BCUT2D eigenvalue weighted by Crippen LogP contribution is -2.13. The SMILES string of the molecule is CCCCNc1cc(C(=O)OC)cc(S(=O)(=O)N=CN(C)C)c1Sc1ccccc1. The van der Waals surface area contributed by atoms with Crippen LogP contribution in [0.3, 0.4) is 0 Å². The van der Waals surface area contributed by atoms with Gasteiger partial charge in [0, 0.05) is 25.5 Å². The number of sulfonamides is 1. The summed E-state index contributed by atoms with van der Waals surface area (Å²) < 4.78 is 34.7. The number of carbonyl (C=O) groups is 1. The second-order valence-corrected chi connectivity index (χ2v) is 9.38. The summed E-state index contributed by atoms with van der Waals surface area (Å²) in [5.41, 5.74) is 0.700. The maximum atomic E-state index is 13.1. The van der Waals surface area contributed by atoms with E-state index in [9.17, 15) is 13.2 Å². The molecule has 0 atom stereocenters. The van der Waals surface area contributed by atoms with Gasteiger partial charge in [-0.25, -0.2) is 4.79 Å². The lowest BCUT2D eigenvalue weighted by atomic mass is 10.2. The molecule has 0 radical (unpaired) electrons. The maximum Gasteiger partial charge on any atom is 0.337 e. The molecule has 0 aliphatic carbocycles. The summed E-state index contributed by atoms with van der Waals surface area (Å²) in [5.74, 6) is -0.613. The Morgan fingerprint density at radius 2 is 1.93 bits per heavy atom. The molecule has 0 saturated carbocycles. The monoisotopic (exact) mass is 449 g/mol. The van der Waals surface area contributed by atoms with Crippen LogP contribution in [-0.2, 0) is 14.8 Å². The summed E-state index contributed by atoms with van der Waals surface area (Å²) in [7, 11) is 0.561. The third-order valence-electron chi connectivity index (χ3n) is 3.98. The van der Waals surface area contributed by atoms with Crippen molar-refractivity contribution in [3.63, 3.8) is 0 Å². The molecule has 0 bridgehead atoms. The number of hydrogen-bond donors (Lipinski definition) is 1. The third-order valence-corrected chi connectivity index (χ3v) is 6.51. The highest BCUT2D eigenvalue weighted by Gasteiger charge is 2.25. The number of carbonyl (C=O) groups excluding carboxylic acids is 1. The Kier molecular flexibility index (Phi) is 8.73. The molecule has 30 heavy (non-hydrogen) atoms. The molecule has 162 valence electrons. The fourth-order valence-electron chi connectivity index (χ4n) is 2.49. The zero-order chi connectivity index (χ0) is 22.1. The van der Waals surface area contributed by atoms with Crippen molar-refractivity contribution in [3.8, 4) is 0 Å². The second-order valence-electron chi connectivity index (χ2n) is 6.70. The Morgan fingerprint density at radius 1 is 1.23 bits per heavy atom. The Bertz CT molecular complexity index is 991. The van der Waals surface area contributed by atoms with Crippen LogP contribution in [-0.4, -0.2) is 53.4 Å². The molecule has 0 aliphatic rings. The van der Waals surface area contributed by atoms with Gasteiger partial charge in [-0.2, -0.15) is 8.42 Å². The largest absolute Gasteiger partial charge is 0.465 e. The highest BCUT2D eigenvalue weighted by Crippen LogP contribution is 2.40. The number of nitrogens with one attached hydrogen (secondary N) is 1. The van der Waals surface area contributed by atoms with E-state index in [1.165, 1.54) is 36.2 Å². The fourth-order valence-corrected chi connectivity index (χ4v) is 4.90. The number of methoxy groups -OCH3 is 1. The van der Waals surface area contributed by atoms with E-state index in [4.69, 9.17) is 4.74 Å². The first kappa shape index (κ1) is 23.8. The summed E-state index contributed by atoms with van der Waals surface area (Å²) in [5, 5.41) is 3.28. The van der Waals surface area contributed by atoms with Gasteiger partial charge in [0.2, 0.25) is 0 Å². The van der Waals surface area contributed by atoms with Crippen LogP contribution in [0.15, 0.2) is 61.5 Å². The van der Waals surface area contributed by atoms with Crippen molar-refractivity contribution < 1.29 is 17.9 Å². The van der Waals surface area contributed by atoms with E-state index in [2.05, 4.69) is 16.6 Å². The third kappa shape index (κ3) is 6.50. The molecule has 0 amide bonds. The van der Waals surface area contributed by atoms with Crippen molar-refractivity contribution in [2.75, 3.05) is 33.1 Å². The highest BCUT2D eigenvalue weighted by molar-refractivity contribution is 8.00. The molecule has 0 spiro atoms. The van der Waals surface area contributed by atoms with Gasteiger partial charge in [-0.3, -0.25) is 0 Å². The molecule has 1 N–H and O–H groups in total. The molecule has 2 aromatic rings. The Hall–Kier alpha value is -2.52. The second kappa shape index (κ2) is 11.0. The molecule has 0 heterocycles. The highest BCUT2D eigenvalue weighted by atomic mass is 32.2. The Morgan fingerprint density at radius 3 is 2.53 bits per heavy atom. The van der Waals surface area contributed by atoms with Crippen molar-refractivity contribution in [2.45, 2.75) is 34.5 Å². The topological polar surface area (TPSA) is 88.1 Å².